The van der Waals surface area contributed by atoms with Gasteiger partial charge in [0.05, 0.1) is 0 Å². The third-order valence-corrected chi connectivity index (χ3v) is 1.74. The SMILES string of the molecule is CC(N)Cn1cc[n+](CC(C)N)c1. The maximum atomic E-state index is 5.68. The number of nitrogens with two attached hydrogens (primary N) is 2. The summed E-state index contributed by atoms with van der Waals surface area (Å²) in [4.78, 5) is 0. The van der Waals surface area contributed by atoms with Crippen LogP contribution < -0.4 is 16.0 Å². The van der Waals surface area contributed by atoms with E-state index in [1.807, 2.05) is 32.6 Å². The van der Waals surface area contributed by atoms with Crippen molar-refractivity contribution >= 4 is 0 Å². The molecule has 0 saturated carbocycles. The molecule has 0 fully saturated rings. The molecule has 0 radical (unpaired) electrons. The first-order chi connectivity index (χ1) is 6.08. The van der Waals surface area contributed by atoms with Gasteiger partial charge in [0.1, 0.15) is 25.5 Å². The van der Waals surface area contributed by atoms with Gasteiger partial charge in [0.2, 0.25) is 6.33 Å². The van der Waals surface area contributed by atoms with Gasteiger partial charge in [-0.3, -0.25) is 0 Å². The quantitative estimate of drug-likeness (QED) is 0.616. The molecule has 1 aromatic heterocycles. The summed E-state index contributed by atoms with van der Waals surface area (Å²) in [5.74, 6) is 0. The lowest BCUT2D eigenvalue weighted by Crippen LogP contribution is -2.40. The molecule has 0 amide bonds. The Balaban J connectivity index is 2.53. The van der Waals surface area contributed by atoms with Crippen molar-refractivity contribution in [2.24, 2.45) is 11.5 Å². The molecule has 0 spiro atoms. The average Bonchev–Trinajstić information content (AvgIpc) is 2.33. The fourth-order valence-electron chi connectivity index (χ4n) is 1.32. The van der Waals surface area contributed by atoms with Gasteiger partial charge in [-0.15, -0.1) is 0 Å². The van der Waals surface area contributed by atoms with Crippen LogP contribution in [0.3, 0.4) is 0 Å². The van der Waals surface area contributed by atoms with Gasteiger partial charge in [0.25, 0.3) is 0 Å². The van der Waals surface area contributed by atoms with Crippen LogP contribution in [0.2, 0.25) is 0 Å². The lowest BCUT2D eigenvalue weighted by Gasteiger charge is -2.01. The van der Waals surface area contributed by atoms with Crippen molar-refractivity contribution in [2.45, 2.75) is 39.0 Å². The van der Waals surface area contributed by atoms with Crippen LogP contribution in [0.5, 0.6) is 0 Å². The van der Waals surface area contributed by atoms with E-state index in [9.17, 15) is 0 Å². The van der Waals surface area contributed by atoms with Gasteiger partial charge in [-0.25, -0.2) is 9.13 Å². The number of hydrogen-bond donors (Lipinski definition) is 2. The summed E-state index contributed by atoms with van der Waals surface area (Å²) in [6.07, 6.45) is 6.07. The minimum absolute atomic E-state index is 0.191. The van der Waals surface area contributed by atoms with Crippen LogP contribution in [0.25, 0.3) is 0 Å². The summed E-state index contributed by atoms with van der Waals surface area (Å²) in [5, 5.41) is 0. The molecule has 0 saturated heterocycles. The minimum atomic E-state index is 0.191. The number of aromatic nitrogens is 2. The van der Waals surface area contributed by atoms with Gasteiger partial charge in [0, 0.05) is 12.1 Å². The number of rotatable bonds is 4. The standard InChI is InChI=1S/C9H19N4/c1-8(10)5-12-3-4-13(7-12)6-9(2)11/h3-4,7-9H,5-6,10-11H2,1-2H3/q+1. The lowest BCUT2D eigenvalue weighted by molar-refractivity contribution is -0.697. The summed E-state index contributed by atoms with van der Waals surface area (Å²) in [6.45, 7) is 5.70. The van der Waals surface area contributed by atoms with Crippen molar-refractivity contribution in [2.75, 3.05) is 0 Å². The highest BCUT2D eigenvalue weighted by molar-refractivity contribution is 4.69. The first kappa shape index (κ1) is 10.2. The average molecular weight is 183 g/mol. The molecule has 4 nitrogen and oxygen atoms in total. The van der Waals surface area contributed by atoms with Gasteiger partial charge in [-0.05, 0) is 13.8 Å². The molecule has 0 aliphatic heterocycles. The van der Waals surface area contributed by atoms with Gasteiger partial charge >= 0.3 is 0 Å². The molecule has 0 aliphatic carbocycles. The molecule has 74 valence electrons. The highest BCUT2D eigenvalue weighted by Gasteiger charge is 2.06. The van der Waals surface area contributed by atoms with Crippen molar-refractivity contribution < 1.29 is 4.57 Å². The normalized spacial score (nSPS) is 15.7. The molecule has 1 aromatic rings. The van der Waals surface area contributed by atoms with Gasteiger partial charge in [-0.1, -0.05) is 0 Å². The van der Waals surface area contributed by atoms with Gasteiger partial charge in [-0.2, -0.15) is 0 Å². The van der Waals surface area contributed by atoms with Crippen molar-refractivity contribution in [3.8, 4) is 0 Å². The molecule has 1 rings (SSSR count). The highest BCUT2D eigenvalue weighted by Crippen LogP contribution is 1.88. The van der Waals surface area contributed by atoms with E-state index in [2.05, 4.69) is 9.13 Å². The van der Waals surface area contributed by atoms with Crippen molar-refractivity contribution in [1.29, 1.82) is 0 Å². The largest absolute Gasteiger partial charge is 0.325 e. The zero-order chi connectivity index (χ0) is 9.84. The highest BCUT2D eigenvalue weighted by atomic mass is 15.1. The number of nitrogens with zero attached hydrogens (tertiary/aromatic N) is 2. The molecule has 2 unspecified atom stereocenters. The molecule has 0 aliphatic rings. The fourth-order valence-corrected chi connectivity index (χ4v) is 1.32. The van der Waals surface area contributed by atoms with Crippen LogP contribution in [-0.4, -0.2) is 16.7 Å². The Kier molecular flexibility index (Phi) is 3.45. The Hall–Kier alpha value is -0.870. The Morgan fingerprint density at radius 1 is 1.31 bits per heavy atom. The Bertz CT molecular complexity index is 227. The van der Waals surface area contributed by atoms with E-state index in [1.54, 1.807) is 0 Å². The van der Waals surface area contributed by atoms with Crippen LogP contribution in [0.1, 0.15) is 13.8 Å². The van der Waals surface area contributed by atoms with Crippen LogP contribution in [-0.2, 0) is 13.1 Å². The first-order valence-electron chi connectivity index (χ1n) is 4.64. The van der Waals surface area contributed by atoms with E-state index in [4.69, 9.17) is 11.5 Å². The maximum absolute atomic E-state index is 5.68. The summed E-state index contributed by atoms with van der Waals surface area (Å²) in [7, 11) is 0. The topological polar surface area (TPSA) is 60.8 Å². The minimum Gasteiger partial charge on any atom is -0.325 e. The molecule has 4 N–H and O–H groups in total. The van der Waals surface area contributed by atoms with Gasteiger partial charge < -0.3 is 11.5 Å². The molecule has 13 heavy (non-hydrogen) atoms. The molecule has 1 heterocycles. The number of imidazole rings is 1. The van der Waals surface area contributed by atoms with E-state index in [-0.39, 0.29) is 12.1 Å². The van der Waals surface area contributed by atoms with Crippen LogP contribution >= 0.6 is 0 Å². The van der Waals surface area contributed by atoms with E-state index < -0.39 is 0 Å². The zero-order valence-electron chi connectivity index (χ0n) is 8.35. The van der Waals surface area contributed by atoms with Crippen LogP contribution in [0, 0.1) is 0 Å². The smallest absolute Gasteiger partial charge is 0.243 e. The van der Waals surface area contributed by atoms with Gasteiger partial charge in [0.15, 0.2) is 0 Å². The maximum Gasteiger partial charge on any atom is 0.243 e. The zero-order valence-corrected chi connectivity index (χ0v) is 8.35. The molecule has 4 heteroatoms. The van der Waals surface area contributed by atoms with E-state index in [0.717, 1.165) is 13.1 Å². The Morgan fingerprint density at radius 2 is 2.00 bits per heavy atom. The Morgan fingerprint density at radius 3 is 2.54 bits per heavy atom. The predicted octanol–water partition coefficient (Wildman–Crippen LogP) is -0.530. The van der Waals surface area contributed by atoms with E-state index >= 15 is 0 Å². The molecular weight excluding hydrogens is 164 g/mol. The third kappa shape index (κ3) is 3.57. The van der Waals surface area contributed by atoms with Crippen molar-refractivity contribution in [3.63, 3.8) is 0 Å². The summed E-state index contributed by atoms with van der Waals surface area (Å²) >= 11 is 0. The molecule has 2 atom stereocenters. The molecule has 0 bridgehead atoms. The first-order valence-corrected chi connectivity index (χ1v) is 4.64. The van der Waals surface area contributed by atoms with Crippen LogP contribution in [0.15, 0.2) is 18.7 Å². The second kappa shape index (κ2) is 4.39. The molecule has 0 aromatic carbocycles. The predicted molar refractivity (Wildman–Crippen MR) is 51.9 cm³/mol. The van der Waals surface area contributed by atoms with E-state index in [1.165, 1.54) is 0 Å². The third-order valence-electron chi connectivity index (χ3n) is 1.74. The number of hydrogen-bond acceptors (Lipinski definition) is 2. The molecular formula is C9H19N4+. The van der Waals surface area contributed by atoms with Crippen molar-refractivity contribution in [3.05, 3.63) is 18.7 Å². The second-order valence-corrected chi connectivity index (χ2v) is 3.76. The lowest BCUT2D eigenvalue weighted by atomic mass is 10.4. The monoisotopic (exact) mass is 183 g/mol. The van der Waals surface area contributed by atoms with E-state index in [0.29, 0.717) is 0 Å². The summed E-state index contributed by atoms with van der Waals surface area (Å²) < 4.78 is 4.15. The summed E-state index contributed by atoms with van der Waals surface area (Å²) in [5.41, 5.74) is 11.4. The fraction of sp³-hybridized carbons (Fsp3) is 0.667. The second-order valence-electron chi connectivity index (χ2n) is 3.76. The van der Waals surface area contributed by atoms with Crippen molar-refractivity contribution in [1.82, 2.24) is 4.57 Å². The van der Waals surface area contributed by atoms with Crippen LogP contribution in [0.4, 0.5) is 0 Å². The Labute approximate surface area is 79.1 Å². The summed E-state index contributed by atoms with van der Waals surface area (Å²) in [6, 6.07) is 0.382.